The lowest BCUT2D eigenvalue weighted by atomic mass is 10.0. The van der Waals surface area contributed by atoms with Crippen LogP contribution in [0.2, 0.25) is 0 Å². The van der Waals surface area contributed by atoms with Gasteiger partial charge < -0.3 is 17.0 Å². The van der Waals surface area contributed by atoms with Crippen molar-refractivity contribution in [3.8, 4) is 0 Å². The third-order valence-corrected chi connectivity index (χ3v) is 2.90. The lowest BCUT2D eigenvalue weighted by molar-refractivity contribution is -0.0000116. The molecule has 2 rings (SSSR count). The van der Waals surface area contributed by atoms with Gasteiger partial charge in [-0.25, -0.2) is 0 Å². The van der Waals surface area contributed by atoms with Gasteiger partial charge in [0.15, 0.2) is 5.78 Å². The van der Waals surface area contributed by atoms with E-state index in [1.54, 1.807) is 9.80 Å². The first-order valence-electron chi connectivity index (χ1n) is 5.61. The van der Waals surface area contributed by atoms with Crippen molar-refractivity contribution < 1.29 is 21.8 Å². The maximum absolute atomic E-state index is 12.0. The van der Waals surface area contributed by atoms with Crippen LogP contribution in [0.1, 0.15) is 21.5 Å². The summed E-state index contributed by atoms with van der Waals surface area (Å²) in [5, 5.41) is 0. The van der Waals surface area contributed by atoms with Gasteiger partial charge in [-0.15, -0.1) is 9.80 Å². The summed E-state index contributed by atoms with van der Waals surface area (Å²) in [6.07, 6.45) is 3.71. The molecule has 0 amide bonds. The van der Waals surface area contributed by atoms with E-state index in [4.69, 9.17) is 0 Å². The second kappa shape index (κ2) is 5.96. The molecule has 1 aliphatic heterocycles. The molecule has 1 aromatic rings. The van der Waals surface area contributed by atoms with Crippen LogP contribution in [0.25, 0.3) is 0 Å². The fraction of sp³-hybridized carbons (Fsp3) is 0.286. The number of hydrogen-bond donors (Lipinski definition) is 0. The molecule has 0 spiro atoms. The highest BCUT2D eigenvalue weighted by Crippen LogP contribution is 2.13. The van der Waals surface area contributed by atoms with Crippen molar-refractivity contribution >= 4 is 5.78 Å². The summed E-state index contributed by atoms with van der Waals surface area (Å²) in [5.41, 5.74) is 3.12. The van der Waals surface area contributed by atoms with E-state index in [0.29, 0.717) is 6.54 Å². The Balaban J connectivity index is 0.00000162. The van der Waals surface area contributed by atoms with Crippen molar-refractivity contribution in [3.05, 3.63) is 54.0 Å². The third-order valence-electron chi connectivity index (χ3n) is 2.90. The SMILES string of the molecule is Cc1ccc(C(=O)CN2[C+]N(C)C=C2)cc1C.[Br-]. The van der Waals surface area contributed by atoms with Gasteiger partial charge in [-0.05, 0) is 31.0 Å². The number of benzene rings is 1. The fourth-order valence-corrected chi connectivity index (χ4v) is 1.70. The van der Waals surface area contributed by atoms with Crippen LogP contribution in [0.4, 0.5) is 0 Å². The van der Waals surface area contributed by atoms with Gasteiger partial charge in [-0.2, -0.15) is 0 Å². The Hall–Kier alpha value is -1.42. The first-order valence-corrected chi connectivity index (χ1v) is 5.61. The van der Waals surface area contributed by atoms with Gasteiger partial charge >= 0.3 is 6.67 Å². The Bertz CT molecular complexity index is 471. The van der Waals surface area contributed by atoms with Crippen molar-refractivity contribution in [2.75, 3.05) is 13.6 Å². The summed E-state index contributed by atoms with van der Waals surface area (Å²) in [4.78, 5) is 15.6. The van der Waals surface area contributed by atoms with E-state index in [9.17, 15) is 4.79 Å². The molecule has 0 aliphatic carbocycles. The Morgan fingerprint density at radius 2 is 1.94 bits per heavy atom. The number of hydrogen-bond acceptors (Lipinski definition) is 3. The van der Waals surface area contributed by atoms with Crippen molar-refractivity contribution in [2.45, 2.75) is 13.8 Å². The van der Waals surface area contributed by atoms with Gasteiger partial charge in [-0.3, -0.25) is 4.79 Å². The summed E-state index contributed by atoms with van der Waals surface area (Å²) in [6.45, 7) is 7.42. The zero-order valence-electron chi connectivity index (χ0n) is 10.8. The van der Waals surface area contributed by atoms with E-state index in [1.807, 2.05) is 51.5 Å². The molecular formula is C14H16BrN2O. The molecule has 95 valence electrons. The minimum atomic E-state index is 0. The molecule has 0 unspecified atom stereocenters. The Morgan fingerprint density at radius 3 is 2.50 bits per heavy atom. The van der Waals surface area contributed by atoms with Gasteiger partial charge in [0.1, 0.15) is 6.54 Å². The van der Waals surface area contributed by atoms with Crippen LogP contribution >= 0.6 is 0 Å². The molecule has 18 heavy (non-hydrogen) atoms. The van der Waals surface area contributed by atoms with E-state index >= 15 is 0 Å². The second-order valence-electron chi connectivity index (χ2n) is 4.36. The highest BCUT2D eigenvalue weighted by molar-refractivity contribution is 5.98. The smallest absolute Gasteiger partial charge is 0.564 e. The number of carbonyl (C=O) groups is 1. The summed E-state index contributed by atoms with van der Waals surface area (Å²) >= 11 is 0. The summed E-state index contributed by atoms with van der Waals surface area (Å²) < 4.78 is 0. The van der Waals surface area contributed by atoms with Crippen LogP contribution < -0.4 is 17.0 Å². The average molecular weight is 308 g/mol. The van der Waals surface area contributed by atoms with Crippen LogP contribution in [0.3, 0.4) is 0 Å². The molecule has 1 aromatic carbocycles. The quantitative estimate of drug-likeness (QED) is 0.540. The predicted molar refractivity (Wildman–Crippen MR) is 67.1 cm³/mol. The molecule has 4 heteroatoms. The monoisotopic (exact) mass is 307 g/mol. The molecule has 1 aliphatic rings. The van der Waals surface area contributed by atoms with Crippen LogP contribution in [0, 0.1) is 20.5 Å². The van der Waals surface area contributed by atoms with Crippen molar-refractivity contribution in [3.63, 3.8) is 0 Å². The zero-order chi connectivity index (χ0) is 12.4. The van der Waals surface area contributed by atoms with Gasteiger partial charge in [0.25, 0.3) is 0 Å². The average Bonchev–Trinajstić information content (AvgIpc) is 2.68. The molecular weight excluding hydrogens is 292 g/mol. The third kappa shape index (κ3) is 3.29. The van der Waals surface area contributed by atoms with E-state index in [1.165, 1.54) is 5.56 Å². The highest BCUT2D eigenvalue weighted by Gasteiger charge is 2.29. The van der Waals surface area contributed by atoms with Crippen molar-refractivity contribution in [2.24, 2.45) is 0 Å². The Kier molecular flexibility index (Phi) is 4.84. The molecule has 0 bridgehead atoms. The van der Waals surface area contributed by atoms with E-state index in [-0.39, 0.29) is 22.8 Å². The Morgan fingerprint density at radius 1 is 1.22 bits per heavy atom. The van der Waals surface area contributed by atoms with Gasteiger partial charge in [0, 0.05) is 5.56 Å². The van der Waals surface area contributed by atoms with E-state index < -0.39 is 0 Å². The van der Waals surface area contributed by atoms with Crippen LogP contribution in [0.15, 0.2) is 30.6 Å². The van der Waals surface area contributed by atoms with Crippen LogP contribution in [0.5, 0.6) is 0 Å². The minimum absolute atomic E-state index is 0. The largest absolute Gasteiger partial charge is 1.00 e. The molecule has 3 nitrogen and oxygen atoms in total. The first-order chi connectivity index (χ1) is 8.06. The maximum Gasteiger partial charge on any atom is 0.564 e. The lowest BCUT2D eigenvalue weighted by Gasteiger charge is -2.05. The van der Waals surface area contributed by atoms with E-state index in [0.717, 1.165) is 11.1 Å². The molecule has 0 atom stereocenters. The molecule has 1 heterocycles. The number of nitrogens with zero attached hydrogens (tertiary/aromatic N) is 2. The molecule has 1 radical (unpaired) electrons. The predicted octanol–water partition coefficient (Wildman–Crippen LogP) is -0.795. The number of rotatable bonds is 3. The molecule has 0 saturated carbocycles. The summed E-state index contributed by atoms with van der Waals surface area (Å²) in [7, 11) is 1.89. The number of halogens is 1. The normalized spacial score (nSPS) is 13.3. The van der Waals surface area contributed by atoms with Crippen molar-refractivity contribution in [1.82, 2.24) is 9.80 Å². The number of ketones is 1. The first kappa shape index (κ1) is 14.6. The number of aryl methyl sites for hydroxylation is 2. The summed E-state index contributed by atoms with van der Waals surface area (Å²) in [5.74, 6) is 0.112. The molecule has 0 fully saturated rings. The lowest BCUT2D eigenvalue weighted by Crippen LogP contribution is -3.00. The maximum atomic E-state index is 12.0. The minimum Gasteiger partial charge on any atom is -1.00 e. The van der Waals surface area contributed by atoms with Crippen molar-refractivity contribution in [1.29, 1.82) is 0 Å². The fourth-order valence-electron chi connectivity index (χ4n) is 1.70. The topological polar surface area (TPSA) is 23.6 Å². The van der Waals surface area contributed by atoms with Crippen LogP contribution in [-0.2, 0) is 0 Å². The zero-order valence-corrected chi connectivity index (χ0v) is 12.4. The highest BCUT2D eigenvalue weighted by atomic mass is 79.9. The molecule has 0 N–H and O–H groups in total. The van der Waals surface area contributed by atoms with Gasteiger partial charge in [0.2, 0.25) is 0 Å². The number of Topliss-reactive ketones (excluding diaryl/α,β-unsaturated/α-hetero) is 1. The van der Waals surface area contributed by atoms with Gasteiger partial charge in [-0.1, -0.05) is 12.1 Å². The molecule has 0 saturated heterocycles. The van der Waals surface area contributed by atoms with Crippen LogP contribution in [-0.4, -0.2) is 29.2 Å². The standard InChI is InChI=1S/C14H16N2O.BrH/c1-11-4-5-13(8-12(11)2)14(17)9-16-7-6-15(3)10-16;/h4-8H,9H2,1-3H3;1H/q+1;/p-1. The van der Waals surface area contributed by atoms with Gasteiger partial charge in [0.05, 0.1) is 19.4 Å². The van der Waals surface area contributed by atoms with E-state index in [2.05, 4.69) is 6.67 Å². The Labute approximate surface area is 119 Å². The number of carbonyl (C=O) groups excluding carboxylic acids is 1. The molecule has 0 aromatic heterocycles. The second-order valence-corrected chi connectivity index (χ2v) is 4.36. The summed E-state index contributed by atoms with van der Waals surface area (Å²) in [6, 6.07) is 5.82.